The second-order valence-electron chi connectivity index (χ2n) is 7.96. The zero-order chi connectivity index (χ0) is 22.9. The summed E-state index contributed by atoms with van der Waals surface area (Å²) in [6, 6.07) is 8.10. The lowest BCUT2D eigenvalue weighted by atomic mass is 10.1. The SMILES string of the molecule is CCNCc1cncc(-c2cnc3[nH]nc(-c4nc5c(-c6ccncc6)cncc5[nH]4)c3c2)c1. The number of rotatable bonds is 6. The van der Waals surface area contributed by atoms with Crippen LogP contribution in [-0.4, -0.2) is 46.6 Å². The Bertz CT molecular complexity index is 1600. The molecule has 0 aromatic carbocycles. The van der Waals surface area contributed by atoms with Gasteiger partial charge in [0.2, 0.25) is 0 Å². The zero-order valence-corrected chi connectivity index (χ0v) is 18.4. The van der Waals surface area contributed by atoms with Gasteiger partial charge in [0.05, 0.1) is 22.6 Å². The number of nitrogens with zero attached hydrogens (tertiary/aromatic N) is 6. The van der Waals surface area contributed by atoms with Gasteiger partial charge in [0, 0.05) is 60.4 Å². The third-order valence-corrected chi connectivity index (χ3v) is 5.73. The standard InChI is InChI=1S/C25H21N9/c1-2-26-9-15-7-17(11-28-10-15)18-8-19-23(33-34-24(19)30-12-18)25-31-21-14-29-13-20(22(21)32-25)16-3-5-27-6-4-16/h3-8,10-14,26H,2,9H2,1H3,(H,31,32)(H,30,33,34). The molecule has 34 heavy (non-hydrogen) atoms. The van der Waals surface area contributed by atoms with E-state index in [2.05, 4.69) is 59.5 Å². The van der Waals surface area contributed by atoms with Crippen LogP contribution in [0.15, 0.2) is 67.6 Å². The Morgan fingerprint density at radius 2 is 1.74 bits per heavy atom. The van der Waals surface area contributed by atoms with Crippen molar-refractivity contribution in [3.05, 3.63) is 73.2 Å². The molecule has 3 N–H and O–H groups in total. The molecule has 0 amide bonds. The Hall–Kier alpha value is -4.50. The molecule has 0 aliphatic rings. The van der Waals surface area contributed by atoms with Crippen LogP contribution in [0.2, 0.25) is 0 Å². The summed E-state index contributed by atoms with van der Waals surface area (Å²) < 4.78 is 0. The van der Waals surface area contributed by atoms with Gasteiger partial charge in [0.25, 0.3) is 0 Å². The van der Waals surface area contributed by atoms with Crippen molar-refractivity contribution < 1.29 is 0 Å². The highest BCUT2D eigenvalue weighted by Crippen LogP contribution is 2.31. The molecule has 0 radical (unpaired) electrons. The van der Waals surface area contributed by atoms with Crippen LogP contribution < -0.4 is 5.32 Å². The van der Waals surface area contributed by atoms with Crippen molar-refractivity contribution in [3.8, 4) is 33.8 Å². The van der Waals surface area contributed by atoms with E-state index in [0.717, 1.165) is 57.3 Å². The highest BCUT2D eigenvalue weighted by Gasteiger charge is 2.17. The molecule has 0 saturated heterocycles. The molecule has 6 aromatic rings. The van der Waals surface area contributed by atoms with Gasteiger partial charge in [-0.15, -0.1) is 0 Å². The first-order valence-electron chi connectivity index (χ1n) is 11.0. The van der Waals surface area contributed by atoms with Crippen LogP contribution in [0.25, 0.3) is 55.8 Å². The van der Waals surface area contributed by atoms with Gasteiger partial charge in [0.1, 0.15) is 5.69 Å². The number of fused-ring (bicyclic) bond motifs is 2. The minimum absolute atomic E-state index is 0.655. The summed E-state index contributed by atoms with van der Waals surface area (Å²) in [5.74, 6) is 0.655. The molecule has 0 spiro atoms. The van der Waals surface area contributed by atoms with E-state index in [1.807, 2.05) is 36.9 Å². The molecule has 0 aliphatic carbocycles. The van der Waals surface area contributed by atoms with E-state index >= 15 is 0 Å². The number of imidazole rings is 1. The van der Waals surface area contributed by atoms with Crippen LogP contribution in [-0.2, 0) is 6.54 Å². The molecule has 6 heterocycles. The molecule has 6 aromatic heterocycles. The molecular weight excluding hydrogens is 426 g/mol. The second kappa shape index (κ2) is 8.45. The third-order valence-electron chi connectivity index (χ3n) is 5.73. The van der Waals surface area contributed by atoms with E-state index in [1.54, 1.807) is 18.6 Å². The van der Waals surface area contributed by atoms with Crippen LogP contribution in [0.4, 0.5) is 0 Å². The smallest absolute Gasteiger partial charge is 0.159 e. The number of aromatic amines is 2. The van der Waals surface area contributed by atoms with Gasteiger partial charge in [-0.25, -0.2) is 9.97 Å². The molecule has 166 valence electrons. The molecule has 0 atom stereocenters. The molecular formula is C25H21N9. The number of H-pyrrole nitrogens is 2. The van der Waals surface area contributed by atoms with Crippen molar-refractivity contribution in [1.82, 2.24) is 45.4 Å². The summed E-state index contributed by atoms with van der Waals surface area (Å²) in [5.41, 5.74) is 8.11. The van der Waals surface area contributed by atoms with Crippen LogP contribution in [0.5, 0.6) is 0 Å². The van der Waals surface area contributed by atoms with E-state index in [0.29, 0.717) is 17.2 Å². The average molecular weight is 448 g/mol. The molecule has 0 aliphatic heterocycles. The Morgan fingerprint density at radius 1 is 0.882 bits per heavy atom. The first kappa shape index (κ1) is 20.1. The summed E-state index contributed by atoms with van der Waals surface area (Å²) in [6.45, 7) is 3.77. The third kappa shape index (κ3) is 3.57. The Kier molecular flexibility index (Phi) is 5.00. The lowest BCUT2D eigenvalue weighted by Crippen LogP contribution is -2.11. The molecule has 0 bridgehead atoms. The van der Waals surface area contributed by atoms with Crippen LogP contribution in [0, 0.1) is 0 Å². The molecule has 0 fully saturated rings. The molecule has 6 rings (SSSR count). The number of hydrogen-bond donors (Lipinski definition) is 3. The lowest BCUT2D eigenvalue weighted by Gasteiger charge is -2.05. The highest BCUT2D eigenvalue weighted by molar-refractivity contribution is 5.96. The first-order valence-corrected chi connectivity index (χ1v) is 11.0. The summed E-state index contributed by atoms with van der Waals surface area (Å²) in [5, 5.41) is 11.8. The Balaban J connectivity index is 1.44. The van der Waals surface area contributed by atoms with Crippen LogP contribution in [0.3, 0.4) is 0 Å². The largest absolute Gasteiger partial charge is 0.335 e. The highest BCUT2D eigenvalue weighted by atomic mass is 15.2. The van der Waals surface area contributed by atoms with Gasteiger partial charge in [-0.3, -0.25) is 20.1 Å². The number of nitrogens with one attached hydrogen (secondary N) is 3. The molecule has 0 unspecified atom stereocenters. The number of pyridine rings is 4. The van der Waals surface area contributed by atoms with Crippen molar-refractivity contribution in [2.45, 2.75) is 13.5 Å². The van der Waals surface area contributed by atoms with Crippen molar-refractivity contribution in [3.63, 3.8) is 0 Å². The van der Waals surface area contributed by atoms with Gasteiger partial charge >= 0.3 is 0 Å². The van der Waals surface area contributed by atoms with Gasteiger partial charge in [0.15, 0.2) is 11.5 Å². The van der Waals surface area contributed by atoms with Crippen molar-refractivity contribution >= 4 is 22.1 Å². The summed E-state index contributed by atoms with van der Waals surface area (Å²) in [4.78, 5) is 25.7. The van der Waals surface area contributed by atoms with Crippen molar-refractivity contribution in [1.29, 1.82) is 0 Å². The lowest BCUT2D eigenvalue weighted by molar-refractivity contribution is 0.724. The van der Waals surface area contributed by atoms with Gasteiger partial charge in [-0.05, 0) is 41.9 Å². The number of hydrogen-bond acceptors (Lipinski definition) is 7. The van der Waals surface area contributed by atoms with Crippen LogP contribution >= 0.6 is 0 Å². The van der Waals surface area contributed by atoms with Crippen molar-refractivity contribution in [2.24, 2.45) is 0 Å². The second-order valence-corrected chi connectivity index (χ2v) is 7.96. The van der Waals surface area contributed by atoms with E-state index in [1.165, 1.54) is 0 Å². The number of aromatic nitrogens is 8. The van der Waals surface area contributed by atoms with E-state index < -0.39 is 0 Å². The average Bonchev–Trinajstić information content (AvgIpc) is 3.51. The van der Waals surface area contributed by atoms with Gasteiger partial charge in [-0.2, -0.15) is 5.10 Å². The normalized spacial score (nSPS) is 11.4. The monoisotopic (exact) mass is 447 g/mol. The summed E-state index contributed by atoms with van der Waals surface area (Å²) >= 11 is 0. The van der Waals surface area contributed by atoms with Gasteiger partial charge in [-0.1, -0.05) is 6.92 Å². The predicted octanol–water partition coefficient (Wildman–Crippen LogP) is 4.13. The van der Waals surface area contributed by atoms with Gasteiger partial charge < -0.3 is 10.3 Å². The molecule has 9 nitrogen and oxygen atoms in total. The zero-order valence-electron chi connectivity index (χ0n) is 18.4. The van der Waals surface area contributed by atoms with E-state index in [4.69, 9.17) is 4.98 Å². The Labute approximate surface area is 194 Å². The first-order chi connectivity index (χ1) is 16.8. The van der Waals surface area contributed by atoms with Crippen LogP contribution in [0.1, 0.15) is 12.5 Å². The van der Waals surface area contributed by atoms with Crippen molar-refractivity contribution in [2.75, 3.05) is 6.54 Å². The minimum atomic E-state index is 0.655. The molecule has 9 heteroatoms. The fourth-order valence-electron chi connectivity index (χ4n) is 4.04. The fourth-order valence-corrected chi connectivity index (χ4v) is 4.04. The maximum Gasteiger partial charge on any atom is 0.159 e. The Morgan fingerprint density at radius 3 is 2.62 bits per heavy atom. The summed E-state index contributed by atoms with van der Waals surface area (Å²) in [7, 11) is 0. The summed E-state index contributed by atoms with van der Waals surface area (Å²) in [6.07, 6.45) is 12.7. The quantitative estimate of drug-likeness (QED) is 0.351. The topological polar surface area (TPSA) is 121 Å². The maximum atomic E-state index is 4.89. The fraction of sp³-hybridized carbons (Fsp3) is 0.120. The molecule has 0 saturated carbocycles. The van der Waals surface area contributed by atoms with E-state index in [-0.39, 0.29) is 0 Å². The minimum Gasteiger partial charge on any atom is -0.335 e. The predicted molar refractivity (Wildman–Crippen MR) is 131 cm³/mol. The van der Waals surface area contributed by atoms with E-state index in [9.17, 15) is 0 Å². The maximum absolute atomic E-state index is 4.89.